The maximum Gasteiger partial charge on any atom is 0.131 e. The highest BCUT2D eigenvalue weighted by molar-refractivity contribution is 6.70. The lowest BCUT2D eigenvalue weighted by atomic mass is 10.1. The Balaban J connectivity index is 2.60. The second-order valence-electron chi connectivity index (χ2n) is 2.52. The molecule has 0 atom stereocenters. The van der Waals surface area contributed by atoms with Crippen LogP contribution in [0.25, 0.3) is 0 Å². The Morgan fingerprint density at radius 1 is 1.45 bits per heavy atom. The Bertz CT molecular complexity index is 331. The maximum atomic E-state index is 5.81. The molecule has 0 amide bonds. The smallest absolute Gasteiger partial charge is 0.131 e. The third-order valence-electron chi connectivity index (χ3n) is 1.74. The van der Waals surface area contributed by atoms with E-state index >= 15 is 0 Å². The Morgan fingerprint density at radius 2 is 2.27 bits per heavy atom. The molecule has 1 aromatic carbocycles. The predicted molar refractivity (Wildman–Crippen MR) is 46.9 cm³/mol. The molecule has 2 rings (SSSR count). The first kappa shape index (κ1) is 6.68. The molecule has 0 aromatic heterocycles. The van der Waals surface area contributed by atoms with Crippen molar-refractivity contribution in [3.05, 3.63) is 29.3 Å². The molecule has 3 heteroatoms. The zero-order valence-corrected chi connectivity index (χ0v) is 6.60. The number of nitrogens with two attached hydrogens (primary N) is 1. The molecule has 1 aliphatic rings. The minimum Gasteiger partial charge on any atom is -0.399 e. The van der Waals surface area contributed by atoms with Crippen molar-refractivity contribution >= 4 is 22.5 Å². The fourth-order valence-electron chi connectivity index (χ4n) is 1.16. The Hall–Kier alpha value is -1.02. The molecule has 2 N–H and O–H groups in total. The van der Waals surface area contributed by atoms with Crippen molar-refractivity contribution in [2.24, 2.45) is 4.99 Å². The van der Waals surface area contributed by atoms with Gasteiger partial charge in [-0.2, -0.15) is 0 Å². The lowest BCUT2D eigenvalue weighted by molar-refractivity contribution is 1.11. The molecule has 1 aromatic rings. The molecule has 0 aliphatic carbocycles. The summed E-state index contributed by atoms with van der Waals surface area (Å²) in [6.45, 7) is 0.689. The fraction of sp³-hybridized carbons (Fsp3) is 0.125. The van der Waals surface area contributed by atoms with Crippen molar-refractivity contribution in [2.45, 2.75) is 6.54 Å². The molecule has 1 heterocycles. The molecule has 0 saturated carbocycles. The summed E-state index contributed by atoms with van der Waals surface area (Å²) in [7, 11) is 0. The Kier molecular flexibility index (Phi) is 1.36. The number of rotatable bonds is 0. The number of anilines is 1. The zero-order chi connectivity index (χ0) is 7.84. The molecular formula is C8H7ClN2. The summed E-state index contributed by atoms with van der Waals surface area (Å²) in [5.41, 5.74) is 8.45. The number of aliphatic imine (C=N–C) groups is 1. The molecule has 56 valence electrons. The Morgan fingerprint density at radius 3 is 3.09 bits per heavy atom. The second kappa shape index (κ2) is 2.24. The summed E-state index contributed by atoms with van der Waals surface area (Å²) in [5.74, 6) is 0. The summed E-state index contributed by atoms with van der Waals surface area (Å²) >= 11 is 5.81. The van der Waals surface area contributed by atoms with Crippen molar-refractivity contribution < 1.29 is 0 Å². The van der Waals surface area contributed by atoms with Gasteiger partial charge in [-0.1, -0.05) is 17.7 Å². The molecule has 0 saturated heterocycles. The van der Waals surface area contributed by atoms with E-state index in [2.05, 4.69) is 4.99 Å². The first-order valence-corrected chi connectivity index (χ1v) is 3.74. The second-order valence-corrected chi connectivity index (χ2v) is 2.88. The van der Waals surface area contributed by atoms with Crippen molar-refractivity contribution in [1.29, 1.82) is 0 Å². The van der Waals surface area contributed by atoms with Gasteiger partial charge in [0.25, 0.3) is 0 Å². The SMILES string of the molecule is Nc1ccc2c(c1)C(Cl)=NC2. The number of hydrogen-bond acceptors (Lipinski definition) is 2. The topological polar surface area (TPSA) is 38.4 Å². The number of hydrogen-bond donors (Lipinski definition) is 1. The summed E-state index contributed by atoms with van der Waals surface area (Å²) in [6.07, 6.45) is 0. The highest BCUT2D eigenvalue weighted by Gasteiger charge is 2.12. The first-order chi connectivity index (χ1) is 5.27. The lowest BCUT2D eigenvalue weighted by Crippen LogP contribution is -1.92. The van der Waals surface area contributed by atoms with E-state index in [1.165, 1.54) is 0 Å². The van der Waals surface area contributed by atoms with E-state index in [9.17, 15) is 0 Å². The van der Waals surface area contributed by atoms with Crippen LogP contribution in [0.3, 0.4) is 0 Å². The van der Waals surface area contributed by atoms with Gasteiger partial charge in [0, 0.05) is 11.3 Å². The van der Waals surface area contributed by atoms with Crippen LogP contribution in [0.1, 0.15) is 11.1 Å². The molecule has 0 fully saturated rings. The van der Waals surface area contributed by atoms with E-state index in [1.807, 2.05) is 18.2 Å². The molecule has 0 spiro atoms. The molecule has 11 heavy (non-hydrogen) atoms. The van der Waals surface area contributed by atoms with Gasteiger partial charge in [-0.05, 0) is 17.7 Å². The third kappa shape index (κ3) is 0.994. The van der Waals surface area contributed by atoms with Crippen molar-refractivity contribution in [3.8, 4) is 0 Å². The van der Waals surface area contributed by atoms with Gasteiger partial charge < -0.3 is 5.73 Å². The van der Waals surface area contributed by atoms with Gasteiger partial charge >= 0.3 is 0 Å². The van der Waals surface area contributed by atoms with Crippen LogP contribution in [0.15, 0.2) is 23.2 Å². The van der Waals surface area contributed by atoms with Gasteiger partial charge in [0.2, 0.25) is 0 Å². The monoisotopic (exact) mass is 166 g/mol. The highest BCUT2D eigenvalue weighted by atomic mass is 35.5. The van der Waals surface area contributed by atoms with Gasteiger partial charge in [0.1, 0.15) is 5.17 Å². The van der Waals surface area contributed by atoms with Crippen LogP contribution in [-0.4, -0.2) is 5.17 Å². The van der Waals surface area contributed by atoms with Crippen LogP contribution < -0.4 is 5.73 Å². The summed E-state index contributed by atoms with van der Waals surface area (Å²) in [5, 5.41) is 0.576. The number of nitrogens with zero attached hydrogens (tertiary/aromatic N) is 1. The third-order valence-corrected chi connectivity index (χ3v) is 2.07. The van der Waals surface area contributed by atoms with Gasteiger partial charge in [-0.3, -0.25) is 4.99 Å². The molecular weight excluding hydrogens is 160 g/mol. The quantitative estimate of drug-likeness (QED) is 0.586. The summed E-state index contributed by atoms with van der Waals surface area (Å²) in [6, 6.07) is 5.68. The molecule has 0 bridgehead atoms. The van der Waals surface area contributed by atoms with Gasteiger partial charge in [0.15, 0.2) is 0 Å². The van der Waals surface area contributed by atoms with Gasteiger partial charge in [0.05, 0.1) is 6.54 Å². The number of nitrogen functional groups attached to an aromatic ring is 1. The highest BCUT2D eigenvalue weighted by Crippen LogP contribution is 2.22. The van der Waals surface area contributed by atoms with Crippen molar-refractivity contribution in [1.82, 2.24) is 0 Å². The van der Waals surface area contributed by atoms with E-state index in [4.69, 9.17) is 17.3 Å². The average Bonchev–Trinajstić information content (AvgIpc) is 2.33. The minimum absolute atomic E-state index is 0.576. The number of fused-ring (bicyclic) bond motifs is 1. The molecule has 2 nitrogen and oxygen atoms in total. The standard InChI is InChI=1S/C8H7ClN2/c9-8-7-3-6(10)2-1-5(7)4-11-8/h1-3H,4,10H2. The minimum atomic E-state index is 0.576. The van der Waals surface area contributed by atoms with Crippen molar-refractivity contribution in [2.75, 3.05) is 5.73 Å². The normalized spacial score (nSPS) is 14.5. The van der Waals surface area contributed by atoms with Crippen LogP contribution in [0.5, 0.6) is 0 Å². The summed E-state index contributed by atoms with van der Waals surface area (Å²) in [4.78, 5) is 4.07. The first-order valence-electron chi connectivity index (χ1n) is 3.36. The maximum absolute atomic E-state index is 5.81. The van der Waals surface area contributed by atoms with E-state index < -0.39 is 0 Å². The number of halogens is 1. The fourth-order valence-corrected chi connectivity index (χ4v) is 1.40. The molecule has 0 radical (unpaired) electrons. The van der Waals surface area contributed by atoms with E-state index in [-0.39, 0.29) is 0 Å². The van der Waals surface area contributed by atoms with Crippen LogP contribution in [0.4, 0.5) is 5.69 Å². The van der Waals surface area contributed by atoms with E-state index in [0.717, 1.165) is 16.8 Å². The average molecular weight is 167 g/mol. The van der Waals surface area contributed by atoms with Crippen LogP contribution >= 0.6 is 11.6 Å². The van der Waals surface area contributed by atoms with Gasteiger partial charge in [-0.15, -0.1) is 0 Å². The van der Waals surface area contributed by atoms with Crippen LogP contribution in [0, 0.1) is 0 Å². The molecule has 0 unspecified atom stereocenters. The van der Waals surface area contributed by atoms with Crippen LogP contribution in [-0.2, 0) is 6.54 Å². The van der Waals surface area contributed by atoms with Crippen LogP contribution in [0.2, 0.25) is 0 Å². The van der Waals surface area contributed by atoms with Gasteiger partial charge in [-0.25, -0.2) is 0 Å². The van der Waals surface area contributed by atoms with E-state index in [0.29, 0.717) is 11.7 Å². The van der Waals surface area contributed by atoms with E-state index in [1.54, 1.807) is 0 Å². The zero-order valence-electron chi connectivity index (χ0n) is 5.84. The largest absolute Gasteiger partial charge is 0.399 e. The lowest BCUT2D eigenvalue weighted by Gasteiger charge is -1.98. The summed E-state index contributed by atoms with van der Waals surface area (Å²) < 4.78 is 0. The Labute approximate surface area is 69.7 Å². The number of benzene rings is 1. The van der Waals surface area contributed by atoms with Crippen molar-refractivity contribution in [3.63, 3.8) is 0 Å². The predicted octanol–water partition coefficient (Wildman–Crippen LogP) is 1.77. The molecule has 1 aliphatic heterocycles.